The van der Waals surface area contributed by atoms with Crippen molar-refractivity contribution in [3.05, 3.63) is 185 Å². The summed E-state index contributed by atoms with van der Waals surface area (Å²) in [6, 6.07) is 49.8. The molecule has 0 spiro atoms. The van der Waals surface area contributed by atoms with E-state index in [4.69, 9.17) is 28.4 Å². The van der Waals surface area contributed by atoms with Gasteiger partial charge in [-0.1, -0.05) is 146 Å². The highest BCUT2D eigenvalue weighted by Crippen LogP contribution is 2.44. The van der Waals surface area contributed by atoms with E-state index in [1.807, 2.05) is 152 Å². The number of ether oxygens (including phenoxy) is 6. The van der Waals surface area contributed by atoms with Crippen molar-refractivity contribution in [1.29, 1.82) is 0 Å². The molecule has 0 aromatic heterocycles. The van der Waals surface area contributed by atoms with E-state index >= 15 is 0 Å². The molecule has 1 fully saturated rings. The molecule has 282 valence electrons. The molecule has 5 atom stereocenters. The highest BCUT2D eigenvalue weighted by atomic mass is 16.6. The molecule has 0 aliphatic carbocycles. The Morgan fingerprint density at radius 3 is 1.55 bits per heavy atom. The molecular formula is C47H46O8. The summed E-state index contributed by atoms with van der Waals surface area (Å²) in [6.45, 7) is 1.50. The predicted octanol–water partition coefficient (Wildman–Crippen LogP) is 8.89. The van der Waals surface area contributed by atoms with Gasteiger partial charge in [-0.25, -0.2) is 0 Å². The predicted molar refractivity (Wildman–Crippen MR) is 211 cm³/mol. The van der Waals surface area contributed by atoms with Gasteiger partial charge in [0.05, 0.1) is 46.6 Å². The summed E-state index contributed by atoms with van der Waals surface area (Å²) in [5.41, 5.74) is 5.35. The van der Waals surface area contributed by atoms with E-state index in [9.17, 15) is 9.90 Å². The number of carboxylic acid groups (broad SMARTS) is 1. The van der Waals surface area contributed by atoms with E-state index in [2.05, 4.69) is 0 Å². The SMILES string of the molecule is COc1c(CC(=O)O)cc([C@@H]2O[C@H](COCc3ccccc3)[C@@H](OCc3ccccc3)[C@H](OCc3ccccc3)[C@H]2OCc2ccccc2)c2ccccc12. The Labute approximate surface area is 322 Å². The molecule has 0 radical (unpaired) electrons. The molecule has 6 aromatic rings. The number of rotatable bonds is 17. The molecule has 7 rings (SSSR count). The second-order valence-corrected chi connectivity index (χ2v) is 13.7. The molecule has 55 heavy (non-hydrogen) atoms. The molecule has 6 aromatic carbocycles. The van der Waals surface area contributed by atoms with Gasteiger partial charge in [-0.05, 0) is 39.3 Å². The Hall–Kier alpha value is -5.35. The van der Waals surface area contributed by atoms with Gasteiger partial charge in [0.2, 0.25) is 0 Å². The number of benzene rings is 6. The third-order valence-corrected chi connectivity index (χ3v) is 9.84. The quantitative estimate of drug-likeness (QED) is 0.0993. The smallest absolute Gasteiger partial charge is 0.307 e. The van der Waals surface area contributed by atoms with E-state index in [0.717, 1.165) is 38.6 Å². The minimum Gasteiger partial charge on any atom is -0.496 e. The fourth-order valence-electron chi connectivity index (χ4n) is 7.25. The van der Waals surface area contributed by atoms with Crippen LogP contribution < -0.4 is 4.74 Å². The van der Waals surface area contributed by atoms with Gasteiger partial charge in [0.25, 0.3) is 0 Å². The number of carboxylic acids is 1. The van der Waals surface area contributed by atoms with E-state index in [1.54, 1.807) is 7.11 Å². The minimum absolute atomic E-state index is 0.206. The van der Waals surface area contributed by atoms with E-state index in [0.29, 0.717) is 31.1 Å². The van der Waals surface area contributed by atoms with E-state index in [1.165, 1.54) is 0 Å². The first-order valence-corrected chi connectivity index (χ1v) is 18.6. The van der Waals surface area contributed by atoms with Crippen molar-refractivity contribution in [3.8, 4) is 5.75 Å². The highest BCUT2D eigenvalue weighted by Gasteiger charge is 2.49. The maximum atomic E-state index is 12.2. The molecule has 1 aliphatic heterocycles. The molecule has 8 nitrogen and oxygen atoms in total. The Morgan fingerprint density at radius 1 is 0.582 bits per heavy atom. The Morgan fingerprint density at radius 2 is 1.04 bits per heavy atom. The zero-order chi connectivity index (χ0) is 37.8. The number of aliphatic carboxylic acids is 1. The maximum absolute atomic E-state index is 12.2. The molecular weight excluding hydrogens is 693 g/mol. The minimum atomic E-state index is -0.966. The van der Waals surface area contributed by atoms with Crippen LogP contribution in [0.3, 0.4) is 0 Å². The van der Waals surface area contributed by atoms with Gasteiger partial charge in [0.15, 0.2) is 0 Å². The van der Waals surface area contributed by atoms with Crippen LogP contribution in [0.2, 0.25) is 0 Å². The van der Waals surface area contributed by atoms with Crippen LogP contribution in [0.4, 0.5) is 0 Å². The number of methoxy groups -OCH3 is 1. The zero-order valence-corrected chi connectivity index (χ0v) is 30.9. The van der Waals surface area contributed by atoms with Crippen LogP contribution in [-0.4, -0.2) is 49.2 Å². The summed E-state index contributed by atoms with van der Waals surface area (Å²) in [6.07, 6.45) is -3.48. The average molecular weight is 739 g/mol. The van der Waals surface area contributed by atoms with Crippen molar-refractivity contribution in [1.82, 2.24) is 0 Å². The first kappa shape index (κ1) is 37.9. The van der Waals surface area contributed by atoms with Crippen LogP contribution in [0.1, 0.15) is 39.5 Å². The molecule has 1 saturated heterocycles. The van der Waals surface area contributed by atoms with Crippen LogP contribution in [0.25, 0.3) is 10.8 Å². The van der Waals surface area contributed by atoms with Crippen LogP contribution >= 0.6 is 0 Å². The number of hydrogen-bond acceptors (Lipinski definition) is 7. The van der Waals surface area contributed by atoms with Gasteiger partial charge >= 0.3 is 5.97 Å². The van der Waals surface area contributed by atoms with E-state index in [-0.39, 0.29) is 19.6 Å². The largest absolute Gasteiger partial charge is 0.496 e. The molecule has 1 aliphatic rings. The number of fused-ring (bicyclic) bond motifs is 1. The average Bonchev–Trinajstić information content (AvgIpc) is 3.22. The summed E-state index contributed by atoms with van der Waals surface area (Å²) in [7, 11) is 1.57. The van der Waals surface area contributed by atoms with Crippen molar-refractivity contribution >= 4 is 16.7 Å². The van der Waals surface area contributed by atoms with Crippen LogP contribution in [0.5, 0.6) is 5.75 Å². The second kappa shape index (κ2) is 18.8. The topological polar surface area (TPSA) is 92.7 Å². The summed E-state index contributed by atoms with van der Waals surface area (Å²) in [5, 5.41) is 11.6. The molecule has 0 saturated carbocycles. The Balaban J connectivity index is 1.34. The number of carbonyl (C=O) groups is 1. The summed E-state index contributed by atoms with van der Waals surface area (Å²) in [5.74, 6) is -0.449. The fraction of sp³-hybridized carbons (Fsp3) is 0.255. The van der Waals surface area contributed by atoms with Gasteiger partial charge in [-0.3, -0.25) is 4.79 Å². The Bertz CT molecular complexity index is 2090. The highest BCUT2D eigenvalue weighted by molar-refractivity contribution is 5.93. The van der Waals surface area contributed by atoms with Crippen LogP contribution in [0, 0.1) is 0 Å². The standard InChI is InChI=1S/C47H46O8/c1-50-43-37(27-42(48)49)26-40(38-24-14-15-25-39(38)43)44-46(53-30-35-20-10-4-11-21-35)47(54-31-36-22-12-5-13-23-36)45(52-29-34-18-8-3-9-19-34)41(55-44)32-51-28-33-16-6-2-7-17-33/h2-26,41,44-47H,27-32H2,1H3,(H,48,49)/t41-,44+,45-,46+,47+/m1/s1. The van der Waals surface area contributed by atoms with Crippen molar-refractivity contribution < 1.29 is 38.3 Å². The van der Waals surface area contributed by atoms with Crippen LogP contribution in [0.15, 0.2) is 152 Å². The molecule has 0 unspecified atom stereocenters. The van der Waals surface area contributed by atoms with Gasteiger partial charge in [0.1, 0.15) is 36.3 Å². The number of hydrogen-bond donors (Lipinski definition) is 1. The molecule has 0 amide bonds. The lowest BCUT2D eigenvalue weighted by atomic mass is 9.86. The molecule has 0 bridgehead atoms. The lowest BCUT2D eigenvalue weighted by molar-refractivity contribution is -0.274. The van der Waals surface area contributed by atoms with Crippen molar-refractivity contribution in [2.45, 2.75) is 63.4 Å². The summed E-state index contributed by atoms with van der Waals surface area (Å²) < 4.78 is 40.2. The third kappa shape index (κ3) is 9.67. The van der Waals surface area contributed by atoms with Crippen molar-refractivity contribution in [2.75, 3.05) is 13.7 Å². The van der Waals surface area contributed by atoms with Gasteiger partial charge in [-0.15, -0.1) is 0 Å². The Kier molecular flexibility index (Phi) is 13.0. The van der Waals surface area contributed by atoms with Crippen molar-refractivity contribution in [3.63, 3.8) is 0 Å². The fourth-order valence-corrected chi connectivity index (χ4v) is 7.25. The monoisotopic (exact) mass is 738 g/mol. The summed E-state index contributed by atoms with van der Waals surface area (Å²) >= 11 is 0. The van der Waals surface area contributed by atoms with Gasteiger partial charge in [0, 0.05) is 10.9 Å². The van der Waals surface area contributed by atoms with Gasteiger partial charge < -0.3 is 33.5 Å². The third-order valence-electron chi connectivity index (χ3n) is 9.84. The lowest BCUT2D eigenvalue weighted by Crippen LogP contribution is -2.58. The van der Waals surface area contributed by atoms with Crippen molar-refractivity contribution in [2.24, 2.45) is 0 Å². The van der Waals surface area contributed by atoms with Gasteiger partial charge in [-0.2, -0.15) is 0 Å². The molecule has 1 N–H and O–H groups in total. The first-order chi connectivity index (χ1) is 27.1. The summed E-state index contributed by atoms with van der Waals surface area (Å²) in [4.78, 5) is 12.2. The zero-order valence-electron chi connectivity index (χ0n) is 30.9. The van der Waals surface area contributed by atoms with E-state index < -0.39 is 36.5 Å². The van der Waals surface area contributed by atoms with Crippen LogP contribution in [-0.2, 0) is 61.3 Å². The molecule has 8 heteroatoms. The second-order valence-electron chi connectivity index (χ2n) is 13.7. The maximum Gasteiger partial charge on any atom is 0.307 e. The lowest BCUT2D eigenvalue weighted by Gasteiger charge is -2.46. The molecule has 1 heterocycles. The first-order valence-electron chi connectivity index (χ1n) is 18.6. The normalized spacial score (nSPS) is 19.6.